The number of thioether (sulfide) groups is 2. The number of amides is 2. The molecule has 4 rings (SSSR count). The number of nitrogens with one attached hydrogen (secondary N) is 1. The Bertz CT molecular complexity index is 819. The van der Waals surface area contributed by atoms with Gasteiger partial charge in [-0.25, -0.2) is 4.79 Å². The van der Waals surface area contributed by atoms with Crippen LogP contribution in [0.3, 0.4) is 0 Å². The average Bonchev–Trinajstić information content (AvgIpc) is 3.05. The summed E-state index contributed by atoms with van der Waals surface area (Å²) in [6, 6.07) is 0. The first-order chi connectivity index (χ1) is 10.3. The highest BCUT2D eigenvalue weighted by atomic mass is 32.2. The number of hydrogen-bond donors (Lipinski definition) is 2. The number of aliphatic carboxylic acids is 1. The van der Waals surface area contributed by atoms with E-state index in [0.29, 0.717) is 16.7 Å². The first-order valence-electron chi connectivity index (χ1n) is 6.63. The van der Waals surface area contributed by atoms with Gasteiger partial charge in [0.2, 0.25) is 0 Å². The molecule has 0 aromatic carbocycles. The molecule has 1 fully saturated rings. The largest absolute Gasteiger partial charge is 0.477 e. The molecule has 0 spiro atoms. The van der Waals surface area contributed by atoms with Crippen LogP contribution in [0.25, 0.3) is 0 Å². The Balaban J connectivity index is 2.09. The van der Waals surface area contributed by atoms with E-state index in [0.717, 1.165) is 5.57 Å². The highest BCUT2D eigenvalue weighted by Gasteiger charge is 2.61. The van der Waals surface area contributed by atoms with Crippen molar-refractivity contribution >= 4 is 41.3 Å². The third-order valence-corrected chi connectivity index (χ3v) is 7.80. The monoisotopic (exact) mass is 333 g/mol. The number of allylic oxidation sites excluding steroid dienone is 2. The maximum atomic E-state index is 12.2. The first-order valence-corrected chi connectivity index (χ1v) is 8.33. The van der Waals surface area contributed by atoms with Gasteiger partial charge in [-0.15, -0.1) is 23.5 Å². The number of hydrogen-bond acceptors (Lipinski definition) is 5. The van der Waals surface area contributed by atoms with Crippen molar-refractivity contribution < 1.29 is 19.5 Å². The molecule has 0 unspecified atom stereocenters. The molecule has 1 saturated heterocycles. The van der Waals surface area contributed by atoms with E-state index in [2.05, 4.69) is 5.32 Å². The minimum absolute atomic E-state index is 0.200. The van der Waals surface area contributed by atoms with Gasteiger partial charge in [-0.2, -0.15) is 0 Å². The highest BCUT2D eigenvalue weighted by molar-refractivity contribution is 8.09. The van der Waals surface area contributed by atoms with Gasteiger partial charge in [-0.05, 0) is 36.5 Å². The summed E-state index contributed by atoms with van der Waals surface area (Å²) in [6.07, 6.45) is 3.40. The lowest BCUT2D eigenvalue weighted by atomic mass is 9.72. The molecule has 0 bridgehead atoms. The second-order valence-corrected chi connectivity index (χ2v) is 8.55. The highest BCUT2D eigenvalue weighted by Crippen LogP contribution is 2.65. The summed E-state index contributed by atoms with van der Waals surface area (Å²) in [5.41, 5.74) is 2.16. The molecule has 2 atom stereocenters. The van der Waals surface area contributed by atoms with Crippen LogP contribution in [-0.4, -0.2) is 32.4 Å². The standard InChI is InChI=1S/C15H11NO4S2/c1-14-6(3-4-21-14)9-10(12(18)16-11(9)17)7-5-8(13(19)20)22-15(7,14)2/h3-5H,1-2H3,(H,19,20)(H,16,17,18)/t14-,15-/m1/s1. The van der Waals surface area contributed by atoms with E-state index < -0.39 is 27.3 Å². The molecule has 22 heavy (non-hydrogen) atoms. The fraction of sp³-hybridized carbons (Fsp3) is 0.267. The third-order valence-electron chi connectivity index (χ3n) is 4.75. The molecule has 0 radical (unpaired) electrons. The minimum atomic E-state index is -1.01. The second-order valence-electron chi connectivity index (χ2n) is 5.76. The van der Waals surface area contributed by atoms with Crippen molar-refractivity contribution in [3.05, 3.63) is 44.8 Å². The van der Waals surface area contributed by atoms with Gasteiger partial charge in [0.05, 0.1) is 25.5 Å². The molecule has 7 heteroatoms. The Labute approximate surface area is 134 Å². The van der Waals surface area contributed by atoms with Gasteiger partial charge < -0.3 is 5.11 Å². The smallest absolute Gasteiger partial charge is 0.342 e. The molecule has 5 nitrogen and oxygen atoms in total. The van der Waals surface area contributed by atoms with E-state index >= 15 is 0 Å². The quantitative estimate of drug-likeness (QED) is 0.711. The fourth-order valence-electron chi connectivity index (χ4n) is 3.46. The molecule has 1 aliphatic carbocycles. The number of carboxylic acid groups (broad SMARTS) is 1. The lowest BCUT2D eigenvalue weighted by Crippen LogP contribution is -2.48. The fourth-order valence-corrected chi connectivity index (χ4v) is 6.12. The first kappa shape index (κ1) is 13.9. The number of carbonyl (C=O) groups excluding carboxylic acids is 2. The number of rotatable bonds is 1. The van der Waals surface area contributed by atoms with Crippen molar-refractivity contribution in [1.82, 2.24) is 5.32 Å². The van der Waals surface area contributed by atoms with Crippen molar-refractivity contribution in [2.75, 3.05) is 0 Å². The van der Waals surface area contributed by atoms with E-state index in [9.17, 15) is 19.5 Å². The van der Waals surface area contributed by atoms with E-state index in [1.54, 1.807) is 17.8 Å². The van der Waals surface area contributed by atoms with Crippen molar-refractivity contribution in [2.45, 2.75) is 23.3 Å². The van der Waals surface area contributed by atoms with Crippen molar-refractivity contribution in [1.29, 1.82) is 0 Å². The summed E-state index contributed by atoms with van der Waals surface area (Å²) in [5, 5.41) is 13.6. The molecule has 4 aliphatic rings. The van der Waals surface area contributed by atoms with E-state index in [4.69, 9.17) is 0 Å². The molecular formula is C15H11NO4S2. The van der Waals surface area contributed by atoms with Crippen LogP contribution in [0.2, 0.25) is 0 Å². The van der Waals surface area contributed by atoms with Crippen LogP contribution >= 0.6 is 23.5 Å². The predicted octanol–water partition coefficient (Wildman–Crippen LogP) is 1.74. The van der Waals surface area contributed by atoms with Gasteiger partial charge in [-0.3, -0.25) is 14.9 Å². The Hall–Kier alpha value is -1.73. The summed E-state index contributed by atoms with van der Waals surface area (Å²) in [6.45, 7) is 3.94. The Kier molecular flexibility index (Phi) is 2.51. The molecule has 0 saturated carbocycles. The van der Waals surface area contributed by atoms with E-state index in [-0.39, 0.29) is 4.91 Å². The number of imide groups is 1. The maximum Gasteiger partial charge on any atom is 0.342 e. The normalized spacial score (nSPS) is 35.5. The molecule has 2 amide bonds. The van der Waals surface area contributed by atoms with Gasteiger partial charge >= 0.3 is 5.97 Å². The summed E-state index contributed by atoms with van der Waals surface area (Å²) in [5.74, 6) is -1.85. The molecule has 0 aromatic rings. The topological polar surface area (TPSA) is 83.5 Å². The number of carboxylic acids is 1. The van der Waals surface area contributed by atoms with Crippen molar-refractivity contribution in [3.63, 3.8) is 0 Å². The van der Waals surface area contributed by atoms with Crippen LogP contribution in [-0.2, 0) is 14.4 Å². The molecule has 3 aliphatic heterocycles. The van der Waals surface area contributed by atoms with Crippen LogP contribution in [0.5, 0.6) is 0 Å². The van der Waals surface area contributed by atoms with Gasteiger partial charge in [-0.1, -0.05) is 6.08 Å². The Morgan fingerprint density at radius 3 is 2.41 bits per heavy atom. The summed E-state index contributed by atoms with van der Waals surface area (Å²) >= 11 is 2.81. The zero-order valence-corrected chi connectivity index (χ0v) is 13.4. The predicted molar refractivity (Wildman–Crippen MR) is 84.1 cm³/mol. The van der Waals surface area contributed by atoms with Crippen molar-refractivity contribution in [3.8, 4) is 0 Å². The van der Waals surface area contributed by atoms with E-state index in [1.165, 1.54) is 11.8 Å². The number of fused-ring (bicyclic) bond motifs is 4. The molecule has 112 valence electrons. The van der Waals surface area contributed by atoms with Crippen LogP contribution in [0.4, 0.5) is 0 Å². The molecule has 2 N–H and O–H groups in total. The average molecular weight is 333 g/mol. The van der Waals surface area contributed by atoms with Gasteiger partial charge in [0.1, 0.15) is 0 Å². The molecule has 0 aromatic heterocycles. The van der Waals surface area contributed by atoms with Crippen LogP contribution in [0.1, 0.15) is 13.8 Å². The lowest BCUT2D eigenvalue weighted by molar-refractivity contribution is -0.132. The van der Waals surface area contributed by atoms with Gasteiger partial charge in [0.25, 0.3) is 11.8 Å². The van der Waals surface area contributed by atoms with Crippen LogP contribution in [0.15, 0.2) is 44.8 Å². The van der Waals surface area contributed by atoms with Gasteiger partial charge in [0.15, 0.2) is 0 Å². The van der Waals surface area contributed by atoms with Gasteiger partial charge in [0, 0.05) is 0 Å². The third kappa shape index (κ3) is 1.36. The van der Waals surface area contributed by atoms with Crippen LogP contribution < -0.4 is 5.32 Å². The Morgan fingerprint density at radius 1 is 1.14 bits per heavy atom. The van der Waals surface area contributed by atoms with Crippen LogP contribution in [0, 0.1) is 0 Å². The number of carbonyl (C=O) groups is 3. The molecular weight excluding hydrogens is 322 g/mol. The zero-order chi connectivity index (χ0) is 15.9. The summed E-state index contributed by atoms with van der Waals surface area (Å²) in [7, 11) is 0. The minimum Gasteiger partial charge on any atom is -0.477 e. The maximum absolute atomic E-state index is 12.2. The lowest BCUT2D eigenvalue weighted by Gasteiger charge is -2.45. The SMILES string of the molecule is C[C@@]12SC=CC1=C1C(=O)NC(=O)C1=C1C=C(C(=O)O)S[C@]12C. The second kappa shape index (κ2) is 3.97. The van der Waals surface area contributed by atoms with Crippen molar-refractivity contribution in [2.24, 2.45) is 0 Å². The van der Waals surface area contributed by atoms with E-state index in [1.807, 2.05) is 25.3 Å². The summed E-state index contributed by atoms with van der Waals surface area (Å²) < 4.78 is -1.09. The Morgan fingerprint density at radius 2 is 1.77 bits per heavy atom. The summed E-state index contributed by atoms with van der Waals surface area (Å²) in [4.78, 5) is 36.0. The molecule has 3 heterocycles. The zero-order valence-electron chi connectivity index (χ0n) is 11.7.